The van der Waals surface area contributed by atoms with Crippen LogP contribution in [0.2, 0.25) is 0 Å². The van der Waals surface area contributed by atoms with E-state index in [1.165, 1.54) is 0 Å². The third-order valence-electron chi connectivity index (χ3n) is 4.62. The molecule has 1 heterocycles. The Balaban J connectivity index is 1.83. The Morgan fingerprint density at radius 3 is 2.75 bits per heavy atom. The maximum Gasteiger partial charge on any atom is 0.317 e. The number of carbonyl (C=O) groups excluding carboxylic acids is 1. The number of rotatable bonds is 6. The second-order valence-corrected chi connectivity index (χ2v) is 7.22. The summed E-state index contributed by atoms with van der Waals surface area (Å²) in [7, 11) is 1.85. The van der Waals surface area contributed by atoms with Gasteiger partial charge in [-0.1, -0.05) is 34.1 Å². The summed E-state index contributed by atoms with van der Waals surface area (Å²) in [6.45, 7) is 1.54. The normalized spacial score (nSPS) is 18.5. The molecule has 0 saturated carbocycles. The number of likely N-dealkylation sites (N-methyl/N-ethyl adjacent to an activating group) is 1. The molecule has 0 aliphatic carbocycles. The van der Waals surface area contributed by atoms with E-state index in [0.717, 1.165) is 42.3 Å². The van der Waals surface area contributed by atoms with Crippen LogP contribution < -0.4 is 0 Å². The molecule has 1 fully saturated rings. The number of aliphatic carboxylic acids is 1. The van der Waals surface area contributed by atoms with Crippen LogP contribution in [0.3, 0.4) is 0 Å². The van der Waals surface area contributed by atoms with E-state index in [0.29, 0.717) is 13.0 Å². The first-order valence-corrected chi connectivity index (χ1v) is 9.20. The minimum atomic E-state index is -0.803. The molecule has 1 aliphatic heterocycles. The minimum absolute atomic E-state index is 0.0562. The summed E-state index contributed by atoms with van der Waals surface area (Å²) < 4.78 is 1.05. The van der Waals surface area contributed by atoms with E-state index in [2.05, 4.69) is 15.9 Å². The maximum absolute atomic E-state index is 12.5. The Bertz CT molecular complexity index is 579. The van der Waals surface area contributed by atoms with Gasteiger partial charge in [-0.15, -0.1) is 0 Å². The van der Waals surface area contributed by atoms with Crippen LogP contribution in [-0.2, 0) is 16.0 Å². The number of hydrogen-bond acceptors (Lipinski definition) is 3. The second kappa shape index (κ2) is 9.18. The van der Waals surface area contributed by atoms with Gasteiger partial charge in [0, 0.05) is 30.0 Å². The molecule has 1 aliphatic rings. The summed E-state index contributed by atoms with van der Waals surface area (Å²) >= 11 is 3.52. The van der Waals surface area contributed by atoms with Crippen LogP contribution >= 0.6 is 15.9 Å². The van der Waals surface area contributed by atoms with Gasteiger partial charge in [0.05, 0.1) is 6.54 Å². The van der Waals surface area contributed by atoms with Crippen molar-refractivity contribution in [2.75, 3.05) is 26.7 Å². The lowest BCUT2D eigenvalue weighted by molar-refractivity contribution is -0.138. The molecule has 1 atom stereocenters. The SMILES string of the molecule is CN(CC(=O)O)C1CCCN(C(=O)CCc2ccccc2Br)CC1. The van der Waals surface area contributed by atoms with Crippen molar-refractivity contribution in [1.82, 2.24) is 9.80 Å². The van der Waals surface area contributed by atoms with Gasteiger partial charge in [-0.05, 0) is 44.4 Å². The number of aryl methyl sites for hydroxylation is 1. The number of halogens is 1. The third kappa shape index (κ3) is 5.60. The molecule has 132 valence electrons. The number of likely N-dealkylation sites (tertiary alicyclic amines) is 1. The number of benzene rings is 1. The Hall–Kier alpha value is -1.40. The van der Waals surface area contributed by atoms with E-state index in [4.69, 9.17) is 5.11 Å². The number of hydrogen-bond donors (Lipinski definition) is 1. The largest absolute Gasteiger partial charge is 0.480 e. The lowest BCUT2D eigenvalue weighted by atomic mass is 10.1. The quantitative estimate of drug-likeness (QED) is 0.802. The van der Waals surface area contributed by atoms with Crippen LogP contribution in [0.1, 0.15) is 31.2 Å². The molecule has 0 aromatic heterocycles. The van der Waals surface area contributed by atoms with Gasteiger partial charge in [-0.3, -0.25) is 14.5 Å². The number of amides is 1. The van der Waals surface area contributed by atoms with E-state index in [-0.39, 0.29) is 18.5 Å². The van der Waals surface area contributed by atoms with E-state index in [1.807, 2.05) is 41.1 Å². The highest BCUT2D eigenvalue weighted by Crippen LogP contribution is 2.19. The average Bonchev–Trinajstić information content (AvgIpc) is 2.79. The van der Waals surface area contributed by atoms with Crippen LogP contribution in [0.15, 0.2) is 28.7 Å². The number of carboxylic acids is 1. The first kappa shape index (κ1) is 18.9. The minimum Gasteiger partial charge on any atom is -0.480 e. The molecular weight excluding hydrogens is 372 g/mol. The van der Waals surface area contributed by atoms with Gasteiger partial charge in [0.25, 0.3) is 0 Å². The van der Waals surface area contributed by atoms with E-state index >= 15 is 0 Å². The van der Waals surface area contributed by atoms with Gasteiger partial charge < -0.3 is 10.0 Å². The van der Waals surface area contributed by atoms with Gasteiger partial charge >= 0.3 is 5.97 Å². The average molecular weight is 397 g/mol. The predicted octanol–water partition coefficient (Wildman–Crippen LogP) is 2.78. The second-order valence-electron chi connectivity index (χ2n) is 6.37. The van der Waals surface area contributed by atoms with Crippen LogP contribution in [0.4, 0.5) is 0 Å². The van der Waals surface area contributed by atoms with Crippen molar-refractivity contribution in [1.29, 1.82) is 0 Å². The van der Waals surface area contributed by atoms with E-state index in [1.54, 1.807) is 0 Å². The van der Waals surface area contributed by atoms with E-state index in [9.17, 15) is 9.59 Å². The topological polar surface area (TPSA) is 60.9 Å². The van der Waals surface area contributed by atoms with Gasteiger partial charge in [-0.25, -0.2) is 0 Å². The molecule has 0 bridgehead atoms. The van der Waals surface area contributed by atoms with Crippen molar-refractivity contribution in [3.8, 4) is 0 Å². The molecule has 2 rings (SSSR count). The summed E-state index contributed by atoms with van der Waals surface area (Å²) in [6.07, 6.45) is 3.95. The highest BCUT2D eigenvalue weighted by atomic mass is 79.9. The van der Waals surface area contributed by atoms with Gasteiger partial charge in [0.2, 0.25) is 5.91 Å². The van der Waals surface area contributed by atoms with E-state index < -0.39 is 5.97 Å². The van der Waals surface area contributed by atoms with Gasteiger partial charge in [0.15, 0.2) is 0 Å². The molecule has 1 unspecified atom stereocenters. The highest BCUT2D eigenvalue weighted by molar-refractivity contribution is 9.10. The number of carboxylic acid groups (broad SMARTS) is 1. The lowest BCUT2D eigenvalue weighted by Crippen LogP contribution is -2.37. The Morgan fingerprint density at radius 1 is 1.29 bits per heavy atom. The molecule has 24 heavy (non-hydrogen) atoms. The Morgan fingerprint density at radius 2 is 2.04 bits per heavy atom. The molecular formula is C18H25BrN2O3. The fourth-order valence-electron chi connectivity index (χ4n) is 3.21. The van der Waals surface area contributed by atoms with Crippen molar-refractivity contribution >= 4 is 27.8 Å². The standard InChI is InChI=1S/C18H25BrN2O3/c1-20(13-18(23)24)15-6-4-11-21(12-10-15)17(22)9-8-14-5-2-3-7-16(14)19/h2-3,5,7,15H,4,6,8-13H2,1H3,(H,23,24). The smallest absolute Gasteiger partial charge is 0.317 e. The summed E-state index contributed by atoms with van der Waals surface area (Å²) in [5.41, 5.74) is 1.15. The molecule has 1 aromatic carbocycles. The molecule has 0 spiro atoms. The maximum atomic E-state index is 12.5. The van der Waals surface area contributed by atoms with Gasteiger partial charge in [0.1, 0.15) is 0 Å². The first-order valence-electron chi connectivity index (χ1n) is 8.40. The first-order chi connectivity index (χ1) is 11.5. The molecule has 6 heteroatoms. The summed E-state index contributed by atoms with van der Waals surface area (Å²) in [5.74, 6) is -0.615. The molecule has 5 nitrogen and oxygen atoms in total. The summed E-state index contributed by atoms with van der Waals surface area (Å²) in [5, 5.41) is 8.92. The zero-order chi connectivity index (χ0) is 17.5. The van der Waals surface area contributed by atoms with Crippen molar-refractivity contribution in [2.24, 2.45) is 0 Å². The highest BCUT2D eigenvalue weighted by Gasteiger charge is 2.23. The molecule has 0 radical (unpaired) electrons. The fourth-order valence-corrected chi connectivity index (χ4v) is 3.70. The van der Waals surface area contributed by atoms with Crippen LogP contribution in [0.25, 0.3) is 0 Å². The molecule has 1 aromatic rings. The van der Waals surface area contributed by atoms with Crippen molar-refractivity contribution in [3.63, 3.8) is 0 Å². The summed E-state index contributed by atoms with van der Waals surface area (Å²) in [6, 6.07) is 8.23. The zero-order valence-corrected chi connectivity index (χ0v) is 15.7. The molecule has 1 saturated heterocycles. The molecule has 1 amide bonds. The van der Waals surface area contributed by atoms with Crippen molar-refractivity contribution < 1.29 is 14.7 Å². The van der Waals surface area contributed by atoms with Crippen molar-refractivity contribution in [3.05, 3.63) is 34.3 Å². The Kier molecular flexibility index (Phi) is 7.24. The third-order valence-corrected chi connectivity index (χ3v) is 5.40. The zero-order valence-electron chi connectivity index (χ0n) is 14.1. The lowest BCUT2D eigenvalue weighted by Gasteiger charge is -2.25. The fraction of sp³-hybridized carbons (Fsp3) is 0.556. The number of carbonyl (C=O) groups is 2. The van der Waals surface area contributed by atoms with Crippen molar-refractivity contribution in [2.45, 2.75) is 38.1 Å². The Labute approximate surface area is 151 Å². The predicted molar refractivity (Wildman–Crippen MR) is 96.9 cm³/mol. The van der Waals surface area contributed by atoms with Crippen LogP contribution in [0, 0.1) is 0 Å². The van der Waals surface area contributed by atoms with Gasteiger partial charge in [-0.2, -0.15) is 0 Å². The van der Waals surface area contributed by atoms with Crippen LogP contribution in [0.5, 0.6) is 0 Å². The summed E-state index contributed by atoms with van der Waals surface area (Å²) in [4.78, 5) is 27.2. The molecule has 1 N–H and O–H groups in total. The van der Waals surface area contributed by atoms with Crippen LogP contribution in [-0.4, -0.2) is 59.5 Å². The monoisotopic (exact) mass is 396 g/mol. The number of nitrogens with zero attached hydrogens (tertiary/aromatic N) is 2.